The molecule has 17 heavy (non-hydrogen) atoms. The summed E-state index contributed by atoms with van der Waals surface area (Å²) in [6, 6.07) is 1.64. The van der Waals surface area contributed by atoms with Crippen molar-refractivity contribution in [3.05, 3.63) is 17.3 Å². The van der Waals surface area contributed by atoms with Gasteiger partial charge in [0.05, 0.1) is 0 Å². The van der Waals surface area contributed by atoms with E-state index in [0.717, 1.165) is 18.7 Å². The van der Waals surface area contributed by atoms with Gasteiger partial charge in [-0.1, -0.05) is 24.4 Å². The van der Waals surface area contributed by atoms with Gasteiger partial charge in [0.25, 0.3) is 5.89 Å². The summed E-state index contributed by atoms with van der Waals surface area (Å²) in [6.07, 6.45) is 6.11. The van der Waals surface area contributed by atoms with Gasteiger partial charge in [-0.3, -0.25) is 0 Å². The van der Waals surface area contributed by atoms with Crippen LogP contribution in [0.2, 0.25) is 0 Å². The minimum atomic E-state index is 0.217. The van der Waals surface area contributed by atoms with E-state index in [-0.39, 0.29) is 5.75 Å². The van der Waals surface area contributed by atoms with E-state index >= 15 is 0 Å². The largest absolute Gasteiger partial charge is 0.506 e. The molecule has 1 N–H and O–H groups in total. The second-order valence-electron chi connectivity index (χ2n) is 4.43. The van der Waals surface area contributed by atoms with Crippen molar-refractivity contribution in [3.8, 4) is 16.5 Å². The first-order valence-corrected chi connectivity index (χ1v) is 6.83. The zero-order valence-electron chi connectivity index (χ0n) is 9.43. The van der Waals surface area contributed by atoms with E-state index in [4.69, 9.17) is 4.52 Å². The Morgan fingerprint density at radius 3 is 2.82 bits per heavy atom. The third-order valence-electron chi connectivity index (χ3n) is 3.25. The van der Waals surface area contributed by atoms with Gasteiger partial charge >= 0.3 is 0 Å². The molecule has 0 spiro atoms. The second-order valence-corrected chi connectivity index (χ2v) is 5.34. The van der Waals surface area contributed by atoms with Crippen molar-refractivity contribution >= 4 is 11.3 Å². The Morgan fingerprint density at radius 2 is 2.12 bits per heavy atom. The van der Waals surface area contributed by atoms with Crippen molar-refractivity contribution in [1.29, 1.82) is 0 Å². The molecule has 1 fully saturated rings. The number of nitrogens with zero attached hydrogens (tertiary/aromatic N) is 2. The molecule has 2 aromatic rings. The Hall–Kier alpha value is -1.36. The third kappa shape index (κ3) is 2.07. The molecule has 3 rings (SSSR count). The molecule has 2 aromatic heterocycles. The average molecular weight is 250 g/mol. The van der Waals surface area contributed by atoms with Crippen LogP contribution in [0.1, 0.15) is 43.8 Å². The van der Waals surface area contributed by atoms with E-state index in [9.17, 15) is 5.11 Å². The molecule has 0 radical (unpaired) electrons. The average Bonchev–Trinajstić information content (AvgIpc) is 2.98. The summed E-state index contributed by atoms with van der Waals surface area (Å²) in [7, 11) is 0. The number of aromatic nitrogens is 2. The predicted molar refractivity (Wildman–Crippen MR) is 65.1 cm³/mol. The van der Waals surface area contributed by atoms with Crippen LogP contribution in [0.5, 0.6) is 5.75 Å². The summed E-state index contributed by atoms with van der Waals surface area (Å²) in [5.41, 5.74) is 0. The first-order valence-electron chi connectivity index (χ1n) is 5.95. The number of aromatic hydroxyl groups is 1. The minimum absolute atomic E-state index is 0.217. The molecule has 0 aliphatic heterocycles. The molecule has 1 aliphatic carbocycles. The van der Waals surface area contributed by atoms with Crippen molar-refractivity contribution in [1.82, 2.24) is 10.1 Å². The van der Waals surface area contributed by atoms with E-state index < -0.39 is 0 Å². The minimum Gasteiger partial charge on any atom is -0.506 e. The lowest BCUT2D eigenvalue weighted by Crippen LogP contribution is -2.05. The van der Waals surface area contributed by atoms with Crippen LogP contribution in [-0.2, 0) is 0 Å². The maximum atomic E-state index is 9.61. The summed E-state index contributed by atoms with van der Waals surface area (Å²) in [6.45, 7) is 0. The van der Waals surface area contributed by atoms with E-state index in [1.54, 1.807) is 6.07 Å². The molecule has 90 valence electrons. The molecule has 0 unspecified atom stereocenters. The lowest BCUT2D eigenvalue weighted by atomic mass is 9.89. The van der Waals surface area contributed by atoms with Gasteiger partial charge in [0.2, 0.25) is 0 Å². The van der Waals surface area contributed by atoms with Gasteiger partial charge in [-0.25, -0.2) is 0 Å². The van der Waals surface area contributed by atoms with Crippen LogP contribution >= 0.6 is 11.3 Å². The smallest absolute Gasteiger partial charge is 0.271 e. The zero-order chi connectivity index (χ0) is 11.7. The first kappa shape index (κ1) is 10.8. The van der Waals surface area contributed by atoms with Gasteiger partial charge in [0.1, 0.15) is 10.6 Å². The fourth-order valence-corrected chi connectivity index (χ4v) is 3.02. The Balaban J connectivity index is 1.85. The fourth-order valence-electron chi connectivity index (χ4n) is 2.32. The highest BCUT2D eigenvalue weighted by Crippen LogP contribution is 2.36. The molecular formula is C12H14N2O2S. The van der Waals surface area contributed by atoms with Crippen LogP contribution in [-0.4, -0.2) is 15.2 Å². The number of thiophene rings is 1. The molecule has 0 atom stereocenters. The number of rotatable bonds is 2. The van der Waals surface area contributed by atoms with Crippen LogP contribution < -0.4 is 0 Å². The quantitative estimate of drug-likeness (QED) is 0.885. The van der Waals surface area contributed by atoms with Crippen molar-refractivity contribution in [3.63, 3.8) is 0 Å². The number of hydrogen-bond acceptors (Lipinski definition) is 5. The molecule has 0 saturated heterocycles. The summed E-state index contributed by atoms with van der Waals surface area (Å²) < 4.78 is 5.23. The van der Waals surface area contributed by atoms with E-state index in [1.807, 2.05) is 5.38 Å². The molecule has 4 nitrogen and oxygen atoms in total. The normalized spacial score (nSPS) is 17.4. The molecular weight excluding hydrogens is 236 g/mol. The topological polar surface area (TPSA) is 59.2 Å². The lowest BCUT2D eigenvalue weighted by Gasteiger charge is -2.17. The molecule has 0 bridgehead atoms. The van der Waals surface area contributed by atoms with Crippen LogP contribution in [0.25, 0.3) is 10.8 Å². The SMILES string of the molecule is Oc1ccsc1-c1nc(C2CCCCC2)no1. The summed E-state index contributed by atoms with van der Waals surface area (Å²) in [4.78, 5) is 5.08. The van der Waals surface area contributed by atoms with Gasteiger partial charge in [0.15, 0.2) is 5.82 Å². The summed E-state index contributed by atoms with van der Waals surface area (Å²) >= 11 is 1.42. The maximum Gasteiger partial charge on any atom is 0.271 e. The molecule has 0 amide bonds. The highest BCUT2D eigenvalue weighted by Gasteiger charge is 2.22. The van der Waals surface area contributed by atoms with Crippen molar-refractivity contribution in [2.45, 2.75) is 38.0 Å². The second kappa shape index (κ2) is 4.49. The van der Waals surface area contributed by atoms with Crippen molar-refractivity contribution in [2.24, 2.45) is 0 Å². The molecule has 5 heteroatoms. The molecule has 2 heterocycles. The molecule has 1 aliphatic rings. The van der Waals surface area contributed by atoms with E-state index in [1.165, 1.54) is 30.6 Å². The highest BCUT2D eigenvalue weighted by atomic mass is 32.1. The van der Waals surface area contributed by atoms with Gasteiger partial charge < -0.3 is 9.63 Å². The fraction of sp³-hybridized carbons (Fsp3) is 0.500. The Bertz CT molecular complexity index is 500. The maximum absolute atomic E-state index is 9.61. The van der Waals surface area contributed by atoms with Crippen LogP contribution in [0.4, 0.5) is 0 Å². The van der Waals surface area contributed by atoms with Crippen LogP contribution in [0, 0.1) is 0 Å². The monoisotopic (exact) mass is 250 g/mol. The van der Waals surface area contributed by atoms with Crippen LogP contribution in [0.3, 0.4) is 0 Å². The first-order chi connectivity index (χ1) is 8.34. The summed E-state index contributed by atoms with van der Waals surface area (Å²) in [5, 5.41) is 15.5. The summed E-state index contributed by atoms with van der Waals surface area (Å²) in [5.74, 6) is 1.89. The van der Waals surface area contributed by atoms with Gasteiger partial charge in [-0.05, 0) is 24.3 Å². The Kier molecular flexibility index (Phi) is 2.84. The van der Waals surface area contributed by atoms with Gasteiger partial charge in [-0.15, -0.1) is 11.3 Å². The van der Waals surface area contributed by atoms with Crippen LogP contribution in [0.15, 0.2) is 16.0 Å². The standard InChI is InChI=1S/C12H14N2O2S/c15-9-6-7-17-10(9)12-13-11(14-16-12)8-4-2-1-3-5-8/h6-8,15H,1-5H2. The molecule has 1 saturated carbocycles. The predicted octanol–water partition coefficient (Wildman–Crippen LogP) is 3.55. The van der Waals surface area contributed by atoms with Crippen molar-refractivity contribution in [2.75, 3.05) is 0 Å². The Labute approximate surface area is 103 Å². The third-order valence-corrected chi connectivity index (χ3v) is 4.14. The van der Waals surface area contributed by atoms with Crippen molar-refractivity contribution < 1.29 is 9.63 Å². The van der Waals surface area contributed by atoms with Gasteiger partial charge in [0, 0.05) is 5.92 Å². The van der Waals surface area contributed by atoms with Gasteiger partial charge in [-0.2, -0.15) is 4.98 Å². The molecule has 0 aromatic carbocycles. The van der Waals surface area contributed by atoms with E-state index in [2.05, 4.69) is 10.1 Å². The lowest BCUT2D eigenvalue weighted by molar-refractivity contribution is 0.384. The van der Waals surface area contributed by atoms with E-state index in [0.29, 0.717) is 16.7 Å². The number of hydrogen-bond donors (Lipinski definition) is 1. The Morgan fingerprint density at radius 1 is 1.29 bits per heavy atom. The highest BCUT2D eigenvalue weighted by molar-refractivity contribution is 7.13. The zero-order valence-corrected chi connectivity index (χ0v) is 10.2.